The van der Waals surface area contributed by atoms with E-state index in [1.54, 1.807) is 13.3 Å². The van der Waals surface area contributed by atoms with Gasteiger partial charge in [-0.3, -0.25) is 5.10 Å². The van der Waals surface area contributed by atoms with E-state index >= 15 is 0 Å². The zero-order chi connectivity index (χ0) is 10.7. The predicted molar refractivity (Wildman–Crippen MR) is 60.1 cm³/mol. The molecule has 0 unspecified atom stereocenters. The van der Waals surface area contributed by atoms with Gasteiger partial charge in [-0.2, -0.15) is 5.10 Å². The molecule has 0 amide bonds. The van der Waals surface area contributed by atoms with Crippen molar-refractivity contribution in [3.63, 3.8) is 0 Å². The number of hydrogen-bond donors (Lipinski definition) is 2. The van der Waals surface area contributed by atoms with E-state index in [2.05, 4.69) is 15.5 Å². The van der Waals surface area contributed by atoms with Gasteiger partial charge in [0.15, 0.2) is 5.75 Å². The number of benzene rings is 1. The maximum Gasteiger partial charge on any atom is 0.151 e. The summed E-state index contributed by atoms with van der Waals surface area (Å²) < 4.78 is 5.38. The van der Waals surface area contributed by atoms with E-state index in [9.17, 15) is 0 Å². The summed E-state index contributed by atoms with van der Waals surface area (Å²) in [5, 5.41) is 9.94. The van der Waals surface area contributed by atoms with Crippen molar-refractivity contribution in [2.24, 2.45) is 0 Å². The number of nitrogens with zero attached hydrogens (tertiary/aromatic N) is 1. The molecule has 0 aliphatic heterocycles. The third kappa shape index (κ3) is 1.66. The van der Waals surface area contributed by atoms with Crippen LogP contribution >= 0.6 is 0 Å². The Labute approximate surface area is 88.3 Å². The molecule has 15 heavy (non-hydrogen) atoms. The van der Waals surface area contributed by atoms with Crippen LogP contribution in [0.3, 0.4) is 0 Å². The van der Waals surface area contributed by atoms with Gasteiger partial charge in [0, 0.05) is 18.8 Å². The quantitative estimate of drug-likeness (QED) is 0.803. The summed E-state index contributed by atoms with van der Waals surface area (Å²) in [7, 11) is 3.53. The second-order valence-corrected chi connectivity index (χ2v) is 3.11. The number of ether oxygens (including phenoxy) is 1. The minimum atomic E-state index is 0.823. The molecule has 0 spiro atoms. The lowest BCUT2D eigenvalue weighted by atomic mass is 10.1. The van der Waals surface area contributed by atoms with E-state index in [1.807, 2.05) is 31.3 Å². The Balaban J connectivity index is 2.56. The number of para-hydroxylation sites is 1. The molecule has 2 rings (SSSR count). The van der Waals surface area contributed by atoms with Crippen molar-refractivity contribution in [1.29, 1.82) is 0 Å². The van der Waals surface area contributed by atoms with Crippen LogP contribution in [0.4, 0.5) is 5.69 Å². The lowest BCUT2D eigenvalue weighted by Gasteiger charge is -2.11. The van der Waals surface area contributed by atoms with E-state index in [1.165, 1.54) is 0 Å². The topological polar surface area (TPSA) is 49.9 Å². The van der Waals surface area contributed by atoms with Crippen LogP contribution in [0.25, 0.3) is 11.3 Å². The summed E-state index contributed by atoms with van der Waals surface area (Å²) >= 11 is 0. The maximum absolute atomic E-state index is 5.38. The summed E-state index contributed by atoms with van der Waals surface area (Å²) in [6.45, 7) is 0. The van der Waals surface area contributed by atoms with Gasteiger partial charge in [0.05, 0.1) is 18.5 Å². The second-order valence-electron chi connectivity index (χ2n) is 3.11. The molecule has 0 aliphatic carbocycles. The average Bonchev–Trinajstić information content (AvgIpc) is 2.81. The van der Waals surface area contributed by atoms with E-state index in [4.69, 9.17) is 4.74 Å². The standard InChI is InChI=1S/C11H13N3O/c1-12-10-5-3-4-8(11(10)15-2)9-6-7-13-14-9/h3-7,12H,1-2H3,(H,13,14). The van der Waals surface area contributed by atoms with Crippen LogP contribution in [-0.2, 0) is 0 Å². The van der Waals surface area contributed by atoms with Gasteiger partial charge in [0.25, 0.3) is 0 Å². The minimum Gasteiger partial charge on any atom is -0.494 e. The highest BCUT2D eigenvalue weighted by atomic mass is 16.5. The first kappa shape index (κ1) is 9.58. The molecule has 1 heterocycles. The molecular formula is C11H13N3O. The molecule has 2 aromatic rings. The Kier molecular flexibility index (Phi) is 2.58. The van der Waals surface area contributed by atoms with Crippen LogP contribution < -0.4 is 10.1 Å². The normalized spacial score (nSPS) is 10.0. The van der Waals surface area contributed by atoms with E-state index < -0.39 is 0 Å². The molecule has 4 nitrogen and oxygen atoms in total. The predicted octanol–water partition coefficient (Wildman–Crippen LogP) is 2.13. The van der Waals surface area contributed by atoms with Crippen LogP contribution in [0.1, 0.15) is 0 Å². The Hall–Kier alpha value is -1.97. The number of aromatic nitrogens is 2. The first-order valence-corrected chi connectivity index (χ1v) is 4.71. The summed E-state index contributed by atoms with van der Waals surface area (Å²) in [6, 6.07) is 7.85. The molecule has 2 N–H and O–H groups in total. The summed E-state index contributed by atoms with van der Waals surface area (Å²) in [5.41, 5.74) is 2.91. The fraction of sp³-hybridized carbons (Fsp3) is 0.182. The zero-order valence-electron chi connectivity index (χ0n) is 8.74. The van der Waals surface area contributed by atoms with Gasteiger partial charge in [-0.25, -0.2) is 0 Å². The highest BCUT2D eigenvalue weighted by molar-refractivity contribution is 5.75. The molecule has 0 saturated carbocycles. The zero-order valence-corrected chi connectivity index (χ0v) is 8.74. The maximum atomic E-state index is 5.38. The Morgan fingerprint density at radius 2 is 2.20 bits per heavy atom. The number of methoxy groups -OCH3 is 1. The number of rotatable bonds is 3. The molecule has 0 radical (unpaired) electrons. The number of anilines is 1. The molecule has 0 bridgehead atoms. The minimum absolute atomic E-state index is 0.823. The van der Waals surface area contributed by atoms with Gasteiger partial charge < -0.3 is 10.1 Å². The van der Waals surface area contributed by atoms with Gasteiger partial charge in [-0.1, -0.05) is 6.07 Å². The lowest BCUT2D eigenvalue weighted by Crippen LogP contribution is -1.95. The smallest absolute Gasteiger partial charge is 0.151 e. The molecule has 4 heteroatoms. The molecule has 0 aliphatic rings. The highest BCUT2D eigenvalue weighted by Gasteiger charge is 2.10. The summed E-state index contributed by atoms with van der Waals surface area (Å²) in [5.74, 6) is 0.823. The van der Waals surface area contributed by atoms with Gasteiger partial charge >= 0.3 is 0 Å². The van der Waals surface area contributed by atoms with Crippen molar-refractivity contribution < 1.29 is 4.74 Å². The molecule has 0 fully saturated rings. The van der Waals surface area contributed by atoms with Crippen molar-refractivity contribution in [3.8, 4) is 17.0 Å². The van der Waals surface area contributed by atoms with Crippen LogP contribution in [0.15, 0.2) is 30.5 Å². The van der Waals surface area contributed by atoms with E-state index in [0.29, 0.717) is 0 Å². The van der Waals surface area contributed by atoms with Gasteiger partial charge in [-0.15, -0.1) is 0 Å². The monoisotopic (exact) mass is 203 g/mol. The summed E-state index contributed by atoms with van der Waals surface area (Å²) in [6.07, 6.45) is 1.72. The Morgan fingerprint density at radius 3 is 2.80 bits per heavy atom. The molecular weight excluding hydrogens is 190 g/mol. The van der Waals surface area contributed by atoms with Gasteiger partial charge in [0.1, 0.15) is 0 Å². The van der Waals surface area contributed by atoms with Crippen LogP contribution in [0.5, 0.6) is 5.75 Å². The molecule has 0 atom stereocenters. The van der Waals surface area contributed by atoms with Crippen molar-refractivity contribution in [1.82, 2.24) is 10.2 Å². The van der Waals surface area contributed by atoms with Crippen molar-refractivity contribution >= 4 is 5.69 Å². The fourth-order valence-electron chi connectivity index (χ4n) is 1.57. The number of nitrogens with one attached hydrogen (secondary N) is 2. The number of hydrogen-bond acceptors (Lipinski definition) is 3. The van der Waals surface area contributed by atoms with Crippen LogP contribution in [0.2, 0.25) is 0 Å². The highest BCUT2D eigenvalue weighted by Crippen LogP contribution is 2.34. The summed E-state index contributed by atoms with van der Waals surface area (Å²) in [4.78, 5) is 0. The second kappa shape index (κ2) is 4.04. The van der Waals surface area contributed by atoms with Crippen molar-refractivity contribution in [2.45, 2.75) is 0 Å². The molecule has 1 aromatic carbocycles. The van der Waals surface area contributed by atoms with E-state index in [-0.39, 0.29) is 0 Å². The SMILES string of the molecule is CNc1cccc(-c2ccn[nH]2)c1OC. The Morgan fingerprint density at radius 1 is 1.33 bits per heavy atom. The Bertz CT molecular complexity index is 437. The third-order valence-electron chi connectivity index (χ3n) is 2.28. The number of H-pyrrole nitrogens is 1. The van der Waals surface area contributed by atoms with Crippen LogP contribution in [0, 0.1) is 0 Å². The average molecular weight is 203 g/mol. The van der Waals surface area contributed by atoms with Gasteiger partial charge in [-0.05, 0) is 18.2 Å². The van der Waals surface area contributed by atoms with Crippen molar-refractivity contribution in [2.75, 3.05) is 19.5 Å². The van der Waals surface area contributed by atoms with Crippen molar-refractivity contribution in [3.05, 3.63) is 30.5 Å². The van der Waals surface area contributed by atoms with Gasteiger partial charge in [0.2, 0.25) is 0 Å². The van der Waals surface area contributed by atoms with Crippen LogP contribution in [-0.4, -0.2) is 24.4 Å². The molecule has 1 aromatic heterocycles. The fourth-order valence-corrected chi connectivity index (χ4v) is 1.57. The molecule has 78 valence electrons. The lowest BCUT2D eigenvalue weighted by molar-refractivity contribution is 0.418. The first-order valence-electron chi connectivity index (χ1n) is 4.71. The van der Waals surface area contributed by atoms with E-state index in [0.717, 1.165) is 22.7 Å². The number of aromatic amines is 1. The first-order chi connectivity index (χ1) is 7.36. The largest absolute Gasteiger partial charge is 0.494 e. The third-order valence-corrected chi connectivity index (χ3v) is 2.28. The molecule has 0 saturated heterocycles.